The van der Waals surface area contributed by atoms with Crippen molar-refractivity contribution in [3.8, 4) is 0 Å². The van der Waals surface area contributed by atoms with Gasteiger partial charge in [0.25, 0.3) is 0 Å². The number of alkyl halides is 1. The minimum Gasteiger partial charge on any atom is -0.367 e. The third kappa shape index (κ3) is 2.70. The van der Waals surface area contributed by atoms with Crippen molar-refractivity contribution in [3.05, 3.63) is 24.2 Å². The van der Waals surface area contributed by atoms with Crippen LogP contribution in [0.15, 0.2) is 24.2 Å². The summed E-state index contributed by atoms with van der Waals surface area (Å²) in [6, 6.07) is 0.773. The molecule has 3 aliphatic rings. The zero-order chi connectivity index (χ0) is 13.4. The molecule has 1 saturated heterocycles. The van der Waals surface area contributed by atoms with Crippen LogP contribution in [0.1, 0.15) is 33.1 Å². The molecular weight excluding hydrogens is 302 g/mol. The largest absolute Gasteiger partial charge is 0.367 e. The summed E-state index contributed by atoms with van der Waals surface area (Å²) >= 11 is 3.73. The van der Waals surface area contributed by atoms with E-state index < -0.39 is 0 Å². The van der Waals surface area contributed by atoms with Gasteiger partial charge in [-0.15, -0.1) is 0 Å². The summed E-state index contributed by atoms with van der Waals surface area (Å²) in [6.07, 6.45) is 11.0. The maximum Gasteiger partial charge on any atom is 0.106 e. The van der Waals surface area contributed by atoms with Crippen LogP contribution in [0, 0.1) is 5.92 Å². The number of nitrogens with one attached hydrogen (secondary N) is 1. The lowest BCUT2D eigenvalue weighted by Crippen LogP contribution is -2.44. The number of fused-ring (bicyclic) bond motifs is 1. The Morgan fingerprint density at radius 1 is 1.42 bits per heavy atom. The van der Waals surface area contributed by atoms with E-state index in [1.807, 2.05) is 0 Å². The number of hydrogen-bond acceptors (Lipinski definition) is 3. The highest BCUT2D eigenvalue weighted by Gasteiger charge is 2.33. The summed E-state index contributed by atoms with van der Waals surface area (Å²) in [7, 11) is 0. The van der Waals surface area contributed by atoms with Gasteiger partial charge in [-0.25, -0.2) is 0 Å². The topological polar surface area (TPSA) is 18.5 Å². The third-order valence-corrected chi connectivity index (χ3v) is 5.90. The summed E-state index contributed by atoms with van der Waals surface area (Å²) in [5.74, 6) is 0.587. The fourth-order valence-corrected chi connectivity index (χ4v) is 3.78. The van der Waals surface area contributed by atoms with Crippen molar-refractivity contribution in [1.82, 2.24) is 15.1 Å². The van der Waals surface area contributed by atoms with Gasteiger partial charge in [-0.2, -0.15) is 0 Å². The van der Waals surface area contributed by atoms with Crippen LogP contribution in [0.3, 0.4) is 0 Å². The Hall–Kier alpha value is -0.480. The normalized spacial score (nSPS) is 38.3. The highest BCUT2D eigenvalue weighted by Crippen LogP contribution is 2.30. The van der Waals surface area contributed by atoms with Crippen LogP contribution in [-0.4, -0.2) is 39.9 Å². The van der Waals surface area contributed by atoms with Crippen molar-refractivity contribution in [3.63, 3.8) is 0 Å². The van der Waals surface area contributed by atoms with Crippen LogP contribution in [0.25, 0.3) is 0 Å². The molecule has 3 rings (SSSR count). The molecule has 1 fully saturated rings. The summed E-state index contributed by atoms with van der Waals surface area (Å²) in [5, 5.41) is 3.69. The first kappa shape index (κ1) is 13.5. The van der Waals surface area contributed by atoms with Gasteiger partial charge in [0.1, 0.15) is 6.17 Å². The number of nitrogens with zero attached hydrogens (tertiary/aromatic N) is 2. The lowest BCUT2D eigenvalue weighted by molar-refractivity contribution is 0.250. The average molecular weight is 326 g/mol. The van der Waals surface area contributed by atoms with Crippen LogP contribution in [0.2, 0.25) is 0 Å². The van der Waals surface area contributed by atoms with E-state index in [0.29, 0.717) is 16.9 Å². The van der Waals surface area contributed by atoms with Gasteiger partial charge in [-0.3, -0.25) is 0 Å². The van der Waals surface area contributed by atoms with E-state index in [2.05, 4.69) is 63.4 Å². The second kappa shape index (κ2) is 5.49. The van der Waals surface area contributed by atoms with Crippen molar-refractivity contribution in [2.75, 3.05) is 13.1 Å². The molecular formula is C15H24BrN3. The van der Waals surface area contributed by atoms with Gasteiger partial charge in [0.2, 0.25) is 0 Å². The van der Waals surface area contributed by atoms with E-state index in [1.54, 1.807) is 0 Å². The molecule has 4 atom stereocenters. The molecule has 0 bridgehead atoms. The molecule has 0 spiro atoms. The predicted molar refractivity (Wildman–Crippen MR) is 82.8 cm³/mol. The smallest absolute Gasteiger partial charge is 0.106 e. The Bertz CT molecular complexity index is 393. The Balaban J connectivity index is 1.55. The molecule has 0 saturated carbocycles. The fraction of sp³-hybridized carbons (Fsp3) is 0.733. The van der Waals surface area contributed by atoms with E-state index in [-0.39, 0.29) is 0 Å². The van der Waals surface area contributed by atoms with Crippen molar-refractivity contribution >= 4 is 15.9 Å². The zero-order valence-electron chi connectivity index (χ0n) is 11.8. The van der Waals surface area contributed by atoms with E-state index in [9.17, 15) is 0 Å². The molecule has 0 aromatic carbocycles. The van der Waals surface area contributed by atoms with Gasteiger partial charge in [0.05, 0.1) is 0 Å². The monoisotopic (exact) mass is 325 g/mol. The Kier molecular flexibility index (Phi) is 3.90. The second-order valence-electron chi connectivity index (χ2n) is 6.11. The first-order chi connectivity index (χ1) is 9.15. The molecule has 0 radical (unpaired) electrons. The number of hydrogen-bond donors (Lipinski definition) is 1. The average Bonchev–Trinajstić information content (AvgIpc) is 2.98. The highest BCUT2D eigenvalue weighted by atomic mass is 79.9. The number of rotatable bonds is 3. The first-order valence-corrected chi connectivity index (χ1v) is 8.38. The van der Waals surface area contributed by atoms with Gasteiger partial charge >= 0.3 is 0 Å². The molecule has 3 nitrogen and oxygen atoms in total. The van der Waals surface area contributed by atoms with Gasteiger partial charge in [-0.1, -0.05) is 28.9 Å². The van der Waals surface area contributed by atoms with Gasteiger partial charge in [0.15, 0.2) is 0 Å². The fourth-order valence-electron chi connectivity index (χ4n) is 3.36. The number of halogens is 1. The van der Waals surface area contributed by atoms with Gasteiger partial charge < -0.3 is 15.1 Å². The Morgan fingerprint density at radius 2 is 2.26 bits per heavy atom. The van der Waals surface area contributed by atoms with Crippen molar-refractivity contribution in [2.24, 2.45) is 5.92 Å². The van der Waals surface area contributed by atoms with Crippen molar-refractivity contribution < 1.29 is 0 Å². The van der Waals surface area contributed by atoms with Crippen LogP contribution in [0.4, 0.5) is 0 Å². The van der Waals surface area contributed by atoms with E-state index in [1.165, 1.54) is 31.6 Å². The molecule has 3 aliphatic heterocycles. The molecule has 0 aromatic rings. The van der Waals surface area contributed by atoms with E-state index in [0.717, 1.165) is 12.5 Å². The maximum absolute atomic E-state index is 3.73. The highest BCUT2D eigenvalue weighted by molar-refractivity contribution is 9.09. The molecule has 4 heteroatoms. The molecule has 0 aliphatic carbocycles. The minimum absolute atomic E-state index is 0.431. The van der Waals surface area contributed by atoms with Crippen LogP contribution >= 0.6 is 15.9 Å². The van der Waals surface area contributed by atoms with Crippen LogP contribution in [0.5, 0.6) is 0 Å². The molecule has 0 amide bonds. The number of allylic oxidation sites excluding steroid dienone is 1. The SMILES string of the molecule is CC1C(Br)C=CN2C=C(CCN3CCC[C@H]3C)NC12. The third-order valence-electron chi connectivity index (χ3n) is 4.76. The summed E-state index contributed by atoms with van der Waals surface area (Å²) < 4.78 is 0. The Labute approximate surface area is 124 Å². The minimum atomic E-state index is 0.431. The van der Waals surface area contributed by atoms with Crippen LogP contribution < -0.4 is 5.32 Å². The maximum atomic E-state index is 3.73. The second-order valence-corrected chi connectivity index (χ2v) is 7.17. The molecule has 106 valence electrons. The van der Waals surface area contributed by atoms with E-state index >= 15 is 0 Å². The molecule has 0 aromatic heterocycles. The van der Waals surface area contributed by atoms with Gasteiger partial charge in [0, 0.05) is 47.8 Å². The zero-order valence-corrected chi connectivity index (χ0v) is 13.4. The van der Waals surface area contributed by atoms with Crippen molar-refractivity contribution in [2.45, 2.75) is 50.1 Å². The molecule has 3 heterocycles. The standard InChI is InChI=1S/C15H24BrN3/c1-11-4-3-7-18(11)8-5-13-10-19-9-6-14(16)12(2)15(19)17-13/h6,9-12,14-15,17H,3-5,7-8H2,1-2H3/t11-,12?,14?,15?/m1/s1. The Morgan fingerprint density at radius 3 is 3.00 bits per heavy atom. The van der Waals surface area contributed by atoms with Crippen molar-refractivity contribution in [1.29, 1.82) is 0 Å². The molecule has 1 N–H and O–H groups in total. The lowest BCUT2D eigenvalue weighted by atomic mass is 10.0. The predicted octanol–water partition coefficient (Wildman–Crippen LogP) is 2.86. The summed E-state index contributed by atoms with van der Waals surface area (Å²) in [5.41, 5.74) is 1.39. The lowest BCUT2D eigenvalue weighted by Gasteiger charge is -2.34. The molecule has 3 unspecified atom stereocenters. The van der Waals surface area contributed by atoms with E-state index in [4.69, 9.17) is 0 Å². The van der Waals surface area contributed by atoms with Crippen LogP contribution in [-0.2, 0) is 0 Å². The quantitative estimate of drug-likeness (QED) is 0.805. The first-order valence-electron chi connectivity index (χ1n) is 7.46. The number of likely N-dealkylation sites (tertiary alicyclic amines) is 1. The van der Waals surface area contributed by atoms with Gasteiger partial charge in [-0.05, 0) is 26.3 Å². The summed E-state index contributed by atoms with van der Waals surface area (Å²) in [6.45, 7) is 7.12. The molecule has 19 heavy (non-hydrogen) atoms. The summed E-state index contributed by atoms with van der Waals surface area (Å²) in [4.78, 5) is 5.42.